The number of nitrogens with zero attached hydrogens (tertiary/aromatic N) is 1. The van der Waals surface area contributed by atoms with Gasteiger partial charge >= 0.3 is 5.97 Å². The Morgan fingerprint density at radius 3 is 2.33 bits per heavy atom. The zero-order chi connectivity index (χ0) is 24.5. The minimum absolute atomic E-state index is 0.0493. The Balaban J connectivity index is 2.15. The van der Waals surface area contributed by atoms with E-state index in [2.05, 4.69) is 10.6 Å². The number of phenolic OH excluding ortho intramolecular Hbond substituents is 1. The number of carbonyl (C=O) groups is 5. The lowest BCUT2D eigenvalue weighted by atomic mass is 10.0. The molecule has 1 aliphatic heterocycles. The van der Waals surface area contributed by atoms with Gasteiger partial charge in [-0.2, -0.15) is 0 Å². The van der Waals surface area contributed by atoms with Crippen molar-refractivity contribution in [3.05, 3.63) is 29.8 Å². The zero-order valence-corrected chi connectivity index (χ0v) is 18.0. The summed E-state index contributed by atoms with van der Waals surface area (Å²) < 4.78 is 0. The first-order valence-electron chi connectivity index (χ1n) is 10.5. The van der Waals surface area contributed by atoms with Crippen molar-refractivity contribution < 1.29 is 34.2 Å². The summed E-state index contributed by atoms with van der Waals surface area (Å²) >= 11 is 0. The molecule has 1 saturated heterocycles. The molecule has 12 heteroatoms. The molecule has 1 aliphatic rings. The Morgan fingerprint density at radius 2 is 1.76 bits per heavy atom. The molecule has 1 aromatic carbocycles. The summed E-state index contributed by atoms with van der Waals surface area (Å²) in [5.41, 5.74) is 11.1. The Bertz CT molecular complexity index is 889. The van der Waals surface area contributed by atoms with Crippen molar-refractivity contribution in [3.8, 4) is 5.75 Å². The van der Waals surface area contributed by atoms with Crippen LogP contribution in [0.5, 0.6) is 5.75 Å². The lowest BCUT2D eigenvalue weighted by Gasteiger charge is -2.29. The molecule has 1 aromatic rings. The standard InChI is InChI=1S/C21H29N5O7/c22-11-18(29)24-15(10-12-3-5-13(27)6-4-12)20(31)26-9-1-2-16(26)19(30)25-14(21(32)33)7-8-17(23)28/h3-6,14-16,27H,1-2,7-11,22H2,(H2,23,28)(H,24,29)(H,25,30)(H,32,33). The SMILES string of the molecule is NCC(=O)NC(Cc1ccc(O)cc1)C(=O)N1CCCC1C(=O)NC(CCC(N)=O)C(=O)O. The predicted molar refractivity (Wildman–Crippen MR) is 116 cm³/mol. The van der Waals surface area contributed by atoms with Gasteiger partial charge in [-0.15, -0.1) is 0 Å². The molecule has 0 spiro atoms. The Morgan fingerprint density at radius 1 is 1.09 bits per heavy atom. The van der Waals surface area contributed by atoms with Crippen LogP contribution in [0.25, 0.3) is 0 Å². The lowest BCUT2D eigenvalue weighted by Crippen LogP contribution is -2.56. The first-order valence-corrected chi connectivity index (χ1v) is 10.5. The number of likely N-dealkylation sites (tertiary alicyclic amines) is 1. The maximum Gasteiger partial charge on any atom is 0.326 e. The number of carbonyl (C=O) groups excluding carboxylic acids is 4. The van der Waals surface area contributed by atoms with Crippen LogP contribution in [0.4, 0.5) is 0 Å². The Labute approximate surface area is 190 Å². The van der Waals surface area contributed by atoms with Crippen LogP contribution >= 0.6 is 0 Å². The largest absolute Gasteiger partial charge is 0.508 e. The molecule has 0 saturated carbocycles. The highest BCUT2D eigenvalue weighted by Gasteiger charge is 2.38. The van der Waals surface area contributed by atoms with Crippen LogP contribution in [-0.4, -0.2) is 75.9 Å². The van der Waals surface area contributed by atoms with Gasteiger partial charge in [-0.25, -0.2) is 4.79 Å². The molecule has 0 aromatic heterocycles. The van der Waals surface area contributed by atoms with E-state index in [1.165, 1.54) is 17.0 Å². The molecule has 1 fully saturated rings. The lowest BCUT2D eigenvalue weighted by molar-refractivity contribution is -0.145. The van der Waals surface area contributed by atoms with Gasteiger partial charge in [0.15, 0.2) is 0 Å². The Kier molecular flexibility index (Phi) is 9.16. The second kappa shape index (κ2) is 11.8. The summed E-state index contributed by atoms with van der Waals surface area (Å²) in [6, 6.07) is 2.85. The van der Waals surface area contributed by atoms with E-state index in [1.807, 2.05) is 0 Å². The van der Waals surface area contributed by atoms with E-state index in [1.54, 1.807) is 12.1 Å². The normalized spacial score (nSPS) is 17.1. The van der Waals surface area contributed by atoms with E-state index < -0.39 is 47.7 Å². The maximum absolute atomic E-state index is 13.3. The van der Waals surface area contributed by atoms with Gasteiger partial charge < -0.3 is 37.2 Å². The highest BCUT2D eigenvalue weighted by Crippen LogP contribution is 2.21. The van der Waals surface area contributed by atoms with Crippen molar-refractivity contribution >= 4 is 29.6 Å². The quantitative estimate of drug-likeness (QED) is 0.220. The number of nitrogens with two attached hydrogens (primary N) is 2. The molecule has 2 rings (SSSR count). The average Bonchev–Trinajstić information content (AvgIpc) is 3.26. The molecule has 33 heavy (non-hydrogen) atoms. The van der Waals surface area contributed by atoms with Crippen molar-refractivity contribution in [1.29, 1.82) is 0 Å². The van der Waals surface area contributed by atoms with E-state index in [9.17, 15) is 34.2 Å². The van der Waals surface area contributed by atoms with Crippen LogP contribution in [0.15, 0.2) is 24.3 Å². The van der Waals surface area contributed by atoms with Crippen LogP contribution in [0, 0.1) is 0 Å². The predicted octanol–water partition coefficient (Wildman–Crippen LogP) is -1.80. The minimum Gasteiger partial charge on any atom is -0.508 e. The number of amides is 4. The van der Waals surface area contributed by atoms with Crippen molar-refractivity contribution in [1.82, 2.24) is 15.5 Å². The topological polar surface area (TPSA) is 205 Å². The number of carboxylic acids is 1. The number of aliphatic carboxylic acids is 1. The number of hydrogen-bond acceptors (Lipinski definition) is 7. The fraction of sp³-hybridized carbons (Fsp3) is 0.476. The summed E-state index contributed by atoms with van der Waals surface area (Å²) in [4.78, 5) is 61.7. The number of carboxylic acid groups (broad SMARTS) is 1. The summed E-state index contributed by atoms with van der Waals surface area (Å²) in [5, 5.41) is 23.7. The number of primary amides is 1. The second-order valence-electron chi connectivity index (χ2n) is 7.79. The molecule has 3 atom stereocenters. The molecule has 8 N–H and O–H groups in total. The molecule has 3 unspecified atom stereocenters. The van der Waals surface area contributed by atoms with E-state index in [4.69, 9.17) is 11.5 Å². The van der Waals surface area contributed by atoms with Crippen molar-refractivity contribution in [2.24, 2.45) is 11.5 Å². The van der Waals surface area contributed by atoms with E-state index in [-0.39, 0.29) is 38.1 Å². The molecule has 1 heterocycles. The minimum atomic E-state index is -1.33. The van der Waals surface area contributed by atoms with E-state index in [0.29, 0.717) is 18.4 Å². The molecule has 180 valence electrons. The van der Waals surface area contributed by atoms with Crippen LogP contribution in [-0.2, 0) is 30.4 Å². The molecule has 4 amide bonds. The van der Waals surface area contributed by atoms with Gasteiger partial charge in [0.1, 0.15) is 23.9 Å². The van der Waals surface area contributed by atoms with Crippen LogP contribution in [0.1, 0.15) is 31.2 Å². The fourth-order valence-electron chi connectivity index (χ4n) is 3.64. The summed E-state index contributed by atoms with van der Waals surface area (Å²) in [6.07, 6.45) is 0.541. The average molecular weight is 463 g/mol. The highest BCUT2D eigenvalue weighted by molar-refractivity contribution is 5.94. The first-order chi connectivity index (χ1) is 15.6. The van der Waals surface area contributed by atoms with Crippen LogP contribution in [0.2, 0.25) is 0 Å². The molecule has 12 nitrogen and oxygen atoms in total. The monoisotopic (exact) mass is 463 g/mol. The maximum atomic E-state index is 13.3. The number of aromatic hydroxyl groups is 1. The van der Waals surface area contributed by atoms with Crippen molar-refractivity contribution in [3.63, 3.8) is 0 Å². The van der Waals surface area contributed by atoms with Gasteiger partial charge in [0.05, 0.1) is 6.54 Å². The number of benzene rings is 1. The molecule has 0 radical (unpaired) electrons. The third-order valence-corrected chi connectivity index (χ3v) is 5.33. The smallest absolute Gasteiger partial charge is 0.326 e. The summed E-state index contributed by atoms with van der Waals surface area (Å²) in [7, 11) is 0. The van der Waals surface area contributed by atoms with E-state index >= 15 is 0 Å². The highest BCUT2D eigenvalue weighted by atomic mass is 16.4. The summed E-state index contributed by atoms with van der Waals surface area (Å²) in [5.74, 6) is -3.68. The van der Waals surface area contributed by atoms with E-state index in [0.717, 1.165) is 0 Å². The van der Waals surface area contributed by atoms with Crippen molar-refractivity contribution in [2.75, 3.05) is 13.1 Å². The molecular formula is C21H29N5O7. The van der Waals surface area contributed by atoms with Crippen LogP contribution in [0.3, 0.4) is 0 Å². The Hall–Kier alpha value is -3.67. The van der Waals surface area contributed by atoms with Crippen molar-refractivity contribution in [2.45, 2.75) is 50.2 Å². The first kappa shape index (κ1) is 25.6. The molecule has 0 aliphatic carbocycles. The number of phenols is 1. The second-order valence-corrected chi connectivity index (χ2v) is 7.79. The van der Waals surface area contributed by atoms with Gasteiger partial charge in [0.2, 0.25) is 23.6 Å². The number of nitrogens with one attached hydrogen (secondary N) is 2. The molecule has 0 bridgehead atoms. The van der Waals surface area contributed by atoms with Gasteiger partial charge in [-0.05, 0) is 37.0 Å². The third-order valence-electron chi connectivity index (χ3n) is 5.33. The van der Waals surface area contributed by atoms with Gasteiger partial charge in [-0.1, -0.05) is 12.1 Å². The zero-order valence-electron chi connectivity index (χ0n) is 18.0. The summed E-state index contributed by atoms with van der Waals surface area (Å²) in [6.45, 7) is -0.0794. The van der Waals surface area contributed by atoms with Crippen LogP contribution < -0.4 is 22.1 Å². The number of hydrogen-bond donors (Lipinski definition) is 6. The van der Waals surface area contributed by atoms with Gasteiger partial charge in [-0.3, -0.25) is 19.2 Å². The van der Waals surface area contributed by atoms with Gasteiger partial charge in [0.25, 0.3) is 0 Å². The fourth-order valence-corrected chi connectivity index (χ4v) is 3.64. The molecular weight excluding hydrogens is 434 g/mol. The third kappa shape index (κ3) is 7.45. The number of rotatable bonds is 11. The van der Waals surface area contributed by atoms with Gasteiger partial charge in [0, 0.05) is 19.4 Å².